The Morgan fingerprint density at radius 2 is 2.00 bits per heavy atom. The Morgan fingerprint density at radius 1 is 1.24 bits per heavy atom. The van der Waals surface area contributed by atoms with Gasteiger partial charge in [-0.15, -0.1) is 0 Å². The highest BCUT2D eigenvalue weighted by Gasteiger charge is 2.06. The lowest BCUT2D eigenvalue weighted by molar-refractivity contribution is -0.137. The molecule has 0 atom stereocenters. The average Bonchev–Trinajstić information content (AvgIpc) is 2.70. The zero-order chi connectivity index (χ0) is 12.7. The fourth-order valence-electron chi connectivity index (χ4n) is 1.73. The van der Waals surface area contributed by atoms with Crippen molar-refractivity contribution in [3.8, 4) is 0 Å². The summed E-state index contributed by atoms with van der Waals surface area (Å²) in [5, 5.41) is 12.9. The summed E-state index contributed by atoms with van der Waals surface area (Å²) in [6.07, 6.45) is 4.65. The van der Waals surface area contributed by atoms with Crippen LogP contribution >= 0.6 is 0 Å². The van der Waals surface area contributed by atoms with Gasteiger partial charge in [-0.25, -0.2) is 9.67 Å². The minimum atomic E-state index is -0.715. The topological polar surface area (TPSA) is 68.0 Å². The summed E-state index contributed by atoms with van der Waals surface area (Å²) in [6, 6.07) is 0. The van der Waals surface area contributed by atoms with Gasteiger partial charge in [0.05, 0.1) is 0 Å². The highest BCUT2D eigenvalue weighted by molar-refractivity contribution is 5.66. The number of unbranched alkanes of at least 4 members (excludes halogenated alkanes) is 2. The minimum absolute atomic E-state index is 0.262. The molecule has 0 aliphatic heterocycles. The maximum atomic E-state index is 10.3. The number of carbonyl (C=O) groups is 1. The molecule has 0 unspecified atom stereocenters. The largest absolute Gasteiger partial charge is 0.481 e. The number of aliphatic carboxylic acids is 1. The predicted octanol–water partition coefficient (Wildman–Crippen LogP) is 2.05. The van der Waals surface area contributed by atoms with Crippen molar-refractivity contribution in [1.29, 1.82) is 0 Å². The van der Waals surface area contributed by atoms with Crippen LogP contribution in [0.5, 0.6) is 0 Å². The molecule has 17 heavy (non-hydrogen) atoms. The number of carboxylic acid groups (broad SMARTS) is 1. The molecular weight excluding hydrogens is 218 g/mol. The molecule has 0 fully saturated rings. The van der Waals surface area contributed by atoms with Crippen LogP contribution < -0.4 is 0 Å². The molecule has 0 amide bonds. The second-order valence-corrected chi connectivity index (χ2v) is 4.08. The summed E-state index contributed by atoms with van der Waals surface area (Å²) in [4.78, 5) is 14.8. The van der Waals surface area contributed by atoms with E-state index in [-0.39, 0.29) is 6.42 Å². The van der Waals surface area contributed by atoms with Gasteiger partial charge in [0, 0.05) is 25.8 Å². The van der Waals surface area contributed by atoms with Crippen LogP contribution in [0.3, 0.4) is 0 Å². The Hall–Kier alpha value is -1.39. The Balaban J connectivity index is 2.35. The minimum Gasteiger partial charge on any atom is -0.481 e. The predicted molar refractivity (Wildman–Crippen MR) is 64.9 cm³/mol. The van der Waals surface area contributed by atoms with Gasteiger partial charge in [0.2, 0.25) is 0 Å². The Kier molecular flexibility index (Phi) is 5.66. The van der Waals surface area contributed by atoms with Gasteiger partial charge in [-0.3, -0.25) is 4.79 Å². The number of rotatable bonds is 8. The first kappa shape index (κ1) is 13.7. The van der Waals surface area contributed by atoms with Gasteiger partial charge in [0.1, 0.15) is 5.82 Å². The zero-order valence-electron chi connectivity index (χ0n) is 10.6. The summed E-state index contributed by atoms with van der Waals surface area (Å²) in [7, 11) is 0. The summed E-state index contributed by atoms with van der Waals surface area (Å²) < 4.78 is 1.96. The molecule has 1 N–H and O–H groups in total. The lowest BCUT2D eigenvalue weighted by Crippen LogP contribution is -2.05. The van der Waals surface area contributed by atoms with Crippen LogP contribution in [0.1, 0.15) is 51.2 Å². The number of hydrogen-bond donors (Lipinski definition) is 1. The third-order valence-corrected chi connectivity index (χ3v) is 2.69. The van der Waals surface area contributed by atoms with Crippen molar-refractivity contribution in [3.05, 3.63) is 11.6 Å². The summed E-state index contributed by atoms with van der Waals surface area (Å²) in [5.74, 6) is 1.21. The van der Waals surface area contributed by atoms with Gasteiger partial charge < -0.3 is 5.11 Å². The second kappa shape index (κ2) is 7.04. The van der Waals surface area contributed by atoms with E-state index in [0.29, 0.717) is 0 Å². The first-order chi connectivity index (χ1) is 8.17. The third-order valence-electron chi connectivity index (χ3n) is 2.69. The van der Waals surface area contributed by atoms with Crippen molar-refractivity contribution < 1.29 is 9.90 Å². The Morgan fingerprint density at radius 3 is 2.59 bits per heavy atom. The van der Waals surface area contributed by atoms with Gasteiger partial charge >= 0.3 is 5.97 Å². The molecule has 0 aliphatic carbocycles. The van der Waals surface area contributed by atoms with E-state index in [9.17, 15) is 4.79 Å². The first-order valence-corrected chi connectivity index (χ1v) is 6.31. The van der Waals surface area contributed by atoms with E-state index in [1.807, 2.05) is 11.6 Å². The van der Waals surface area contributed by atoms with Gasteiger partial charge in [0.25, 0.3) is 0 Å². The van der Waals surface area contributed by atoms with Crippen LogP contribution in [-0.2, 0) is 24.2 Å². The molecule has 1 aromatic rings. The molecule has 5 nitrogen and oxygen atoms in total. The van der Waals surface area contributed by atoms with E-state index in [1.165, 1.54) is 0 Å². The van der Waals surface area contributed by atoms with Crippen molar-refractivity contribution in [2.75, 3.05) is 0 Å². The fourth-order valence-corrected chi connectivity index (χ4v) is 1.73. The highest BCUT2D eigenvalue weighted by atomic mass is 16.4. The fraction of sp³-hybridized carbons (Fsp3) is 0.750. The first-order valence-electron chi connectivity index (χ1n) is 6.31. The van der Waals surface area contributed by atoms with Crippen molar-refractivity contribution in [1.82, 2.24) is 14.8 Å². The van der Waals surface area contributed by atoms with Crippen molar-refractivity contribution >= 4 is 5.97 Å². The molecule has 5 heteroatoms. The lowest BCUT2D eigenvalue weighted by atomic mass is 10.2. The lowest BCUT2D eigenvalue weighted by Gasteiger charge is -2.03. The molecule has 0 spiro atoms. The molecule has 0 aliphatic rings. The SMILES string of the molecule is CCc1nc(CC)n(CCCCCC(=O)O)n1. The monoisotopic (exact) mass is 239 g/mol. The molecule has 0 saturated heterocycles. The van der Waals surface area contributed by atoms with Crippen molar-refractivity contribution in [3.63, 3.8) is 0 Å². The standard InChI is InChI=1S/C12H21N3O2/c1-3-10-13-11(4-2)15(14-10)9-7-5-6-8-12(16)17/h3-9H2,1-2H3,(H,16,17). The smallest absolute Gasteiger partial charge is 0.303 e. The summed E-state index contributed by atoms with van der Waals surface area (Å²) >= 11 is 0. The van der Waals surface area contributed by atoms with Gasteiger partial charge in [-0.05, 0) is 12.8 Å². The maximum Gasteiger partial charge on any atom is 0.303 e. The molecular formula is C12H21N3O2. The van der Waals surface area contributed by atoms with E-state index >= 15 is 0 Å². The molecule has 1 aromatic heterocycles. The molecule has 96 valence electrons. The van der Waals surface area contributed by atoms with E-state index in [4.69, 9.17) is 5.11 Å². The molecule has 0 saturated carbocycles. The zero-order valence-corrected chi connectivity index (χ0v) is 10.6. The van der Waals surface area contributed by atoms with Crippen LogP contribution in [0.15, 0.2) is 0 Å². The second-order valence-electron chi connectivity index (χ2n) is 4.08. The number of aryl methyl sites for hydroxylation is 3. The third kappa shape index (κ3) is 4.54. The Bertz CT molecular complexity index is 361. The number of carboxylic acids is 1. The molecule has 0 bridgehead atoms. The molecule has 0 radical (unpaired) electrons. The van der Waals surface area contributed by atoms with Crippen LogP contribution in [0.4, 0.5) is 0 Å². The molecule has 0 aromatic carbocycles. The van der Waals surface area contributed by atoms with E-state index in [1.54, 1.807) is 0 Å². The highest BCUT2D eigenvalue weighted by Crippen LogP contribution is 2.06. The van der Waals surface area contributed by atoms with Gasteiger partial charge in [0.15, 0.2) is 5.82 Å². The van der Waals surface area contributed by atoms with E-state index in [0.717, 1.165) is 50.3 Å². The van der Waals surface area contributed by atoms with Gasteiger partial charge in [-0.1, -0.05) is 20.3 Å². The van der Waals surface area contributed by atoms with Crippen LogP contribution in [0.25, 0.3) is 0 Å². The number of hydrogen-bond acceptors (Lipinski definition) is 3. The van der Waals surface area contributed by atoms with E-state index < -0.39 is 5.97 Å². The van der Waals surface area contributed by atoms with Crippen molar-refractivity contribution in [2.45, 2.75) is 58.9 Å². The average molecular weight is 239 g/mol. The van der Waals surface area contributed by atoms with Crippen molar-refractivity contribution in [2.24, 2.45) is 0 Å². The molecule has 1 rings (SSSR count). The Labute approximate surface area is 102 Å². The normalized spacial score (nSPS) is 10.7. The number of aromatic nitrogens is 3. The molecule has 1 heterocycles. The maximum absolute atomic E-state index is 10.3. The van der Waals surface area contributed by atoms with Crippen LogP contribution in [0.2, 0.25) is 0 Å². The quantitative estimate of drug-likeness (QED) is 0.705. The van der Waals surface area contributed by atoms with Crippen LogP contribution in [-0.4, -0.2) is 25.8 Å². The van der Waals surface area contributed by atoms with Crippen LogP contribution in [0, 0.1) is 0 Å². The number of nitrogens with zero attached hydrogens (tertiary/aromatic N) is 3. The van der Waals surface area contributed by atoms with Gasteiger partial charge in [-0.2, -0.15) is 5.10 Å². The van der Waals surface area contributed by atoms with E-state index in [2.05, 4.69) is 17.0 Å². The summed E-state index contributed by atoms with van der Waals surface area (Å²) in [6.45, 7) is 4.96. The summed E-state index contributed by atoms with van der Waals surface area (Å²) in [5.41, 5.74) is 0.